The molecule has 0 aromatic heterocycles. The first-order chi connectivity index (χ1) is 6.21. The summed E-state index contributed by atoms with van der Waals surface area (Å²) in [4.78, 5) is 0. The van der Waals surface area contributed by atoms with Crippen molar-refractivity contribution in [2.75, 3.05) is 0 Å². The predicted octanol–water partition coefficient (Wildman–Crippen LogP) is 3.69. The smallest absolute Gasteiger partial charge is 0.0699 e. The van der Waals surface area contributed by atoms with E-state index in [-0.39, 0.29) is 0 Å². The lowest BCUT2D eigenvalue weighted by Crippen LogP contribution is -2.34. The van der Waals surface area contributed by atoms with Gasteiger partial charge in [0.05, 0.1) is 8.07 Å². The Labute approximate surface area is 81.4 Å². The van der Waals surface area contributed by atoms with Gasteiger partial charge in [0.25, 0.3) is 0 Å². The van der Waals surface area contributed by atoms with Gasteiger partial charge >= 0.3 is 0 Å². The second kappa shape index (κ2) is 3.15. The summed E-state index contributed by atoms with van der Waals surface area (Å²) in [6, 6.07) is 0. The molecular weight excluding hydrogens is 172 g/mol. The van der Waals surface area contributed by atoms with Crippen LogP contribution in [-0.2, 0) is 0 Å². The van der Waals surface area contributed by atoms with Crippen LogP contribution < -0.4 is 0 Å². The highest BCUT2D eigenvalue weighted by molar-refractivity contribution is 6.82. The van der Waals surface area contributed by atoms with Crippen LogP contribution in [0, 0.1) is 0 Å². The maximum atomic E-state index is 2.47. The van der Waals surface area contributed by atoms with Gasteiger partial charge in [-0.3, -0.25) is 0 Å². The third-order valence-corrected chi connectivity index (χ3v) is 7.42. The molecule has 2 rings (SSSR count). The maximum Gasteiger partial charge on any atom is 0.0699 e. The third kappa shape index (κ3) is 1.48. The predicted molar refractivity (Wildman–Crippen MR) is 61.5 cm³/mol. The van der Waals surface area contributed by atoms with E-state index in [0.29, 0.717) is 0 Å². The van der Waals surface area contributed by atoms with Gasteiger partial charge in [0.1, 0.15) is 0 Å². The topological polar surface area (TPSA) is 0 Å². The van der Waals surface area contributed by atoms with Gasteiger partial charge in [0.2, 0.25) is 0 Å². The Morgan fingerprint density at radius 1 is 0.692 bits per heavy atom. The Kier molecular flexibility index (Phi) is 2.12. The molecule has 0 saturated carbocycles. The SMILES string of the molecule is C[Si](C)(C1C=CC=C1)C1C=CC=C1. The summed E-state index contributed by atoms with van der Waals surface area (Å²) >= 11 is 0. The van der Waals surface area contributed by atoms with Gasteiger partial charge in [-0.2, -0.15) is 0 Å². The largest absolute Gasteiger partial charge is 0.0803 e. The highest BCUT2D eigenvalue weighted by Gasteiger charge is 2.35. The van der Waals surface area contributed by atoms with E-state index in [2.05, 4.69) is 61.7 Å². The molecule has 0 nitrogen and oxygen atoms in total. The molecule has 0 unspecified atom stereocenters. The normalized spacial score (nSPS) is 22.3. The highest BCUT2D eigenvalue weighted by Crippen LogP contribution is 2.40. The zero-order chi connectivity index (χ0) is 9.31. The van der Waals surface area contributed by atoms with Crippen LogP contribution in [0.2, 0.25) is 24.2 Å². The van der Waals surface area contributed by atoms with Gasteiger partial charge in [-0.25, -0.2) is 0 Å². The molecule has 0 aromatic rings. The fraction of sp³-hybridized carbons (Fsp3) is 0.333. The van der Waals surface area contributed by atoms with E-state index in [1.165, 1.54) is 0 Å². The van der Waals surface area contributed by atoms with E-state index in [4.69, 9.17) is 0 Å². The third-order valence-electron chi connectivity index (χ3n) is 3.21. The molecule has 2 aliphatic carbocycles. The Morgan fingerprint density at radius 3 is 1.31 bits per heavy atom. The van der Waals surface area contributed by atoms with Crippen molar-refractivity contribution in [1.29, 1.82) is 0 Å². The number of rotatable bonds is 2. The van der Waals surface area contributed by atoms with Crippen LogP contribution in [0.25, 0.3) is 0 Å². The minimum atomic E-state index is -1.18. The first-order valence-electron chi connectivity index (χ1n) is 4.91. The van der Waals surface area contributed by atoms with Crippen molar-refractivity contribution in [2.45, 2.75) is 24.2 Å². The van der Waals surface area contributed by atoms with Crippen LogP contribution in [-0.4, -0.2) is 8.07 Å². The summed E-state index contributed by atoms with van der Waals surface area (Å²) < 4.78 is 0. The average molecular weight is 188 g/mol. The lowest BCUT2D eigenvalue weighted by Gasteiger charge is -2.31. The van der Waals surface area contributed by atoms with Crippen LogP contribution in [0.3, 0.4) is 0 Å². The monoisotopic (exact) mass is 188 g/mol. The fourth-order valence-corrected chi connectivity index (χ4v) is 4.95. The van der Waals surface area contributed by atoms with E-state index in [1.807, 2.05) is 0 Å². The van der Waals surface area contributed by atoms with Crippen molar-refractivity contribution >= 4 is 8.07 Å². The minimum absolute atomic E-state index is 0.727. The summed E-state index contributed by atoms with van der Waals surface area (Å²) in [5, 5.41) is 0. The second-order valence-corrected chi connectivity index (χ2v) is 9.39. The average Bonchev–Trinajstić information content (AvgIpc) is 2.78. The van der Waals surface area contributed by atoms with Crippen molar-refractivity contribution in [3.8, 4) is 0 Å². The van der Waals surface area contributed by atoms with Crippen LogP contribution in [0.15, 0.2) is 48.6 Å². The molecule has 0 aromatic carbocycles. The second-order valence-electron chi connectivity index (χ2n) is 4.41. The van der Waals surface area contributed by atoms with Gasteiger partial charge in [0, 0.05) is 0 Å². The quantitative estimate of drug-likeness (QED) is 0.580. The molecule has 0 saturated heterocycles. The molecule has 0 amide bonds. The number of allylic oxidation sites excluding steroid dienone is 8. The van der Waals surface area contributed by atoms with Crippen molar-refractivity contribution in [2.24, 2.45) is 0 Å². The Morgan fingerprint density at radius 2 is 1.00 bits per heavy atom. The van der Waals surface area contributed by atoms with Gasteiger partial charge in [-0.1, -0.05) is 61.7 Å². The van der Waals surface area contributed by atoms with E-state index in [1.54, 1.807) is 0 Å². The maximum absolute atomic E-state index is 2.47. The van der Waals surface area contributed by atoms with Crippen molar-refractivity contribution < 1.29 is 0 Å². The molecule has 0 aliphatic heterocycles. The zero-order valence-electron chi connectivity index (χ0n) is 8.27. The molecule has 68 valence electrons. The van der Waals surface area contributed by atoms with E-state index in [9.17, 15) is 0 Å². The van der Waals surface area contributed by atoms with E-state index >= 15 is 0 Å². The molecule has 1 heteroatoms. The summed E-state index contributed by atoms with van der Waals surface area (Å²) in [6.07, 6.45) is 18.1. The minimum Gasteiger partial charge on any atom is -0.0803 e. The summed E-state index contributed by atoms with van der Waals surface area (Å²) in [7, 11) is -1.18. The summed E-state index contributed by atoms with van der Waals surface area (Å²) in [6.45, 7) is 4.95. The van der Waals surface area contributed by atoms with Crippen LogP contribution >= 0.6 is 0 Å². The molecule has 13 heavy (non-hydrogen) atoms. The Balaban J connectivity index is 2.19. The van der Waals surface area contributed by atoms with E-state index < -0.39 is 8.07 Å². The first kappa shape index (κ1) is 8.76. The molecule has 2 aliphatic rings. The Bertz CT molecular complexity index is 251. The number of hydrogen-bond acceptors (Lipinski definition) is 0. The van der Waals surface area contributed by atoms with Crippen LogP contribution in [0.1, 0.15) is 0 Å². The fourth-order valence-electron chi connectivity index (χ4n) is 2.08. The van der Waals surface area contributed by atoms with Crippen molar-refractivity contribution in [3.63, 3.8) is 0 Å². The highest BCUT2D eigenvalue weighted by atomic mass is 28.3. The van der Waals surface area contributed by atoms with Gasteiger partial charge in [0.15, 0.2) is 0 Å². The lowest BCUT2D eigenvalue weighted by molar-refractivity contribution is 1.17. The summed E-state index contributed by atoms with van der Waals surface area (Å²) in [5.41, 5.74) is 1.45. The number of hydrogen-bond donors (Lipinski definition) is 0. The summed E-state index contributed by atoms with van der Waals surface area (Å²) in [5.74, 6) is 0. The van der Waals surface area contributed by atoms with Gasteiger partial charge in [-0.05, 0) is 11.1 Å². The van der Waals surface area contributed by atoms with Crippen molar-refractivity contribution in [1.82, 2.24) is 0 Å². The Hall–Kier alpha value is -0.823. The molecule has 0 atom stereocenters. The molecule has 0 bridgehead atoms. The molecule has 0 N–H and O–H groups in total. The van der Waals surface area contributed by atoms with E-state index in [0.717, 1.165) is 11.1 Å². The van der Waals surface area contributed by atoms with Gasteiger partial charge < -0.3 is 0 Å². The van der Waals surface area contributed by atoms with Crippen LogP contribution in [0.4, 0.5) is 0 Å². The molecule has 0 radical (unpaired) electrons. The zero-order valence-corrected chi connectivity index (χ0v) is 9.27. The molecule has 0 fully saturated rings. The van der Waals surface area contributed by atoms with Gasteiger partial charge in [-0.15, -0.1) is 0 Å². The lowest BCUT2D eigenvalue weighted by atomic mass is 10.4. The molecule has 0 heterocycles. The van der Waals surface area contributed by atoms with Crippen LogP contribution in [0.5, 0.6) is 0 Å². The first-order valence-corrected chi connectivity index (χ1v) is 8.07. The molecular formula is C12H16Si. The molecule has 0 spiro atoms. The van der Waals surface area contributed by atoms with Crippen molar-refractivity contribution in [3.05, 3.63) is 48.6 Å². The standard InChI is InChI=1S/C12H16Si/c1-13(2,11-7-3-4-8-11)12-9-5-6-10-12/h3-12H,1-2H3.